The average Bonchev–Trinajstić information content (AvgIpc) is 2.46. The van der Waals surface area contributed by atoms with Gasteiger partial charge in [-0.2, -0.15) is 0 Å². The summed E-state index contributed by atoms with van der Waals surface area (Å²) in [6, 6.07) is 13.6. The largest absolute Gasteiger partial charge is 0.351 e. The van der Waals surface area contributed by atoms with Gasteiger partial charge in [-0.25, -0.2) is 0 Å². The molecule has 2 aromatic rings. The molecule has 0 aliphatic heterocycles. The van der Waals surface area contributed by atoms with Gasteiger partial charge in [0.15, 0.2) is 0 Å². The van der Waals surface area contributed by atoms with Crippen molar-refractivity contribution in [2.24, 2.45) is 0 Å². The molecular weight excluding hydrogens is 224 g/mol. The minimum absolute atomic E-state index is 0.0325. The van der Waals surface area contributed by atoms with E-state index in [4.69, 9.17) is 0 Å². The smallest absolute Gasteiger partial charge is 0.227 e. The van der Waals surface area contributed by atoms with Gasteiger partial charge in [0.25, 0.3) is 0 Å². The molecule has 0 unspecified atom stereocenters. The molecule has 0 radical (unpaired) electrons. The molecule has 1 atom stereocenters. The first-order valence-electron chi connectivity index (χ1n) is 5.99. The lowest BCUT2D eigenvalue weighted by molar-refractivity contribution is -0.122. The Morgan fingerprint density at radius 2 is 2.00 bits per heavy atom. The van der Waals surface area contributed by atoms with Crippen LogP contribution in [0.3, 0.4) is 0 Å². The highest BCUT2D eigenvalue weighted by atomic mass is 16.1. The van der Waals surface area contributed by atoms with Crippen LogP contribution in [0.4, 0.5) is 0 Å². The molecule has 92 valence electrons. The van der Waals surface area contributed by atoms with E-state index in [0.717, 1.165) is 11.1 Å². The molecule has 0 saturated heterocycles. The van der Waals surface area contributed by atoms with E-state index in [2.05, 4.69) is 10.3 Å². The van der Waals surface area contributed by atoms with Crippen LogP contribution in [0.5, 0.6) is 0 Å². The van der Waals surface area contributed by atoms with E-state index in [1.807, 2.05) is 49.4 Å². The second-order valence-corrected chi connectivity index (χ2v) is 4.21. The van der Waals surface area contributed by atoms with Crippen molar-refractivity contribution in [3.05, 3.63) is 66.0 Å². The average molecular weight is 240 g/mol. The Morgan fingerprint density at radius 1 is 1.22 bits per heavy atom. The third-order valence-corrected chi connectivity index (χ3v) is 2.88. The standard InChI is InChI=1S/C15H16N2O/c1-12(14-7-3-2-4-8-14)15(18)17-11-13-6-5-9-16-10-13/h2-10,12H,11H2,1H3,(H,17,18)/t12-/m0/s1. The number of carbonyl (C=O) groups excluding carboxylic acids is 1. The number of hydrogen-bond donors (Lipinski definition) is 1. The molecule has 0 saturated carbocycles. The van der Waals surface area contributed by atoms with Gasteiger partial charge in [-0.05, 0) is 24.1 Å². The molecule has 0 spiro atoms. The number of aromatic nitrogens is 1. The predicted molar refractivity (Wildman–Crippen MR) is 70.9 cm³/mol. The highest BCUT2D eigenvalue weighted by Crippen LogP contribution is 2.14. The Hall–Kier alpha value is -2.16. The van der Waals surface area contributed by atoms with Gasteiger partial charge < -0.3 is 5.32 Å². The fraction of sp³-hybridized carbons (Fsp3) is 0.200. The summed E-state index contributed by atoms with van der Waals surface area (Å²) in [5.74, 6) is -0.104. The van der Waals surface area contributed by atoms with Crippen LogP contribution in [0.15, 0.2) is 54.9 Å². The first-order chi connectivity index (χ1) is 8.77. The summed E-state index contributed by atoms with van der Waals surface area (Å²) in [7, 11) is 0. The van der Waals surface area contributed by atoms with Gasteiger partial charge in [0.1, 0.15) is 0 Å². The summed E-state index contributed by atoms with van der Waals surface area (Å²) < 4.78 is 0. The third kappa shape index (κ3) is 3.17. The van der Waals surface area contributed by atoms with Crippen LogP contribution in [0.2, 0.25) is 0 Å². The van der Waals surface area contributed by atoms with E-state index in [1.165, 1.54) is 0 Å². The first kappa shape index (κ1) is 12.3. The maximum Gasteiger partial charge on any atom is 0.227 e. The Balaban J connectivity index is 1.93. The van der Waals surface area contributed by atoms with Crippen molar-refractivity contribution in [2.75, 3.05) is 0 Å². The summed E-state index contributed by atoms with van der Waals surface area (Å²) in [4.78, 5) is 16.0. The Bertz CT molecular complexity index is 496. The first-order valence-corrected chi connectivity index (χ1v) is 5.99. The molecular formula is C15H16N2O. The van der Waals surface area contributed by atoms with Gasteiger partial charge in [-0.3, -0.25) is 9.78 Å². The van der Waals surface area contributed by atoms with Crippen LogP contribution in [0.1, 0.15) is 24.0 Å². The van der Waals surface area contributed by atoms with E-state index < -0.39 is 0 Å². The van der Waals surface area contributed by atoms with E-state index in [9.17, 15) is 4.79 Å². The highest BCUT2D eigenvalue weighted by molar-refractivity contribution is 5.83. The molecule has 3 heteroatoms. The number of amides is 1. The molecule has 1 aromatic carbocycles. The number of hydrogen-bond acceptors (Lipinski definition) is 2. The predicted octanol–water partition coefficient (Wildman–Crippen LogP) is 2.50. The van der Waals surface area contributed by atoms with E-state index in [1.54, 1.807) is 12.4 Å². The van der Waals surface area contributed by atoms with E-state index in [-0.39, 0.29) is 11.8 Å². The zero-order chi connectivity index (χ0) is 12.8. The van der Waals surface area contributed by atoms with Crippen LogP contribution >= 0.6 is 0 Å². The minimum atomic E-state index is -0.136. The van der Waals surface area contributed by atoms with Crippen LogP contribution in [-0.2, 0) is 11.3 Å². The monoisotopic (exact) mass is 240 g/mol. The molecule has 1 amide bonds. The molecule has 1 heterocycles. The summed E-state index contributed by atoms with van der Waals surface area (Å²) in [6.07, 6.45) is 3.48. The van der Waals surface area contributed by atoms with Crippen molar-refractivity contribution in [3.63, 3.8) is 0 Å². The molecule has 0 aliphatic rings. The SMILES string of the molecule is C[C@H](C(=O)NCc1cccnc1)c1ccccc1. The Kier molecular flexibility index (Phi) is 4.07. The summed E-state index contributed by atoms with van der Waals surface area (Å²) in [5.41, 5.74) is 2.03. The molecule has 1 aromatic heterocycles. The molecule has 1 N–H and O–H groups in total. The number of nitrogens with zero attached hydrogens (tertiary/aromatic N) is 1. The van der Waals surface area contributed by atoms with E-state index >= 15 is 0 Å². The van der Waals surface area contributed by atoms with Gasteiger partial charge in [-0.1, -0.05) is 36.4 Å². The van der Waals surface area contributed by atoms with Gasteiger partial charge in [-0.15, -0.1) is 0 Å². The van der Waals surface area contributed by atoms with Crippen LogP contribution in [0, 0.1) is 0 Å². The third-order valence-electron chi connectivity index (χ3n) is 2.88. The topological polar surface area (TPSA) is 42.0 Å². The summed E-state index contributed by atoms with van der Waals surface area (Å²) in [6.45, 7) is 2.43. The molecule has 18 heavy (non-hydrogen) atoms. The van der Waals surface area contributed by atoms with Gasteiger partial charge in [0.2, 0.25) is 5.91 Å². The maximum atomic E-state index is 12.0. The molecule has 0 aliphatic carbocycles. The zero-order valence-electron chi connectivity index (χ0n) is 10.3. The van der Waals surface area contributed by atoms with Crippen molar-refractivity contribution < 1.29 is 4.79 Å². The lowest BCUT2D eigenvalue weighted by Crippen LogP contribution is -2.27. The number of carbonyl (C=O) groups is 1. The van der Waals surface area contributed by atoms with Crippen molar-refractivity contribution in [3.8, 4) is 0 Å². The summed E-state index contributed by atoms with van der Waals surface area (Å²) in [5, 5.41) is 2.92. The molecule has 0 fully saturated rings. The fourth-order valence-corrected chi connectivity index (χ4v) is 1.74. The molecule has 2 rings (SSSR count). The van der Waals surface area contributed by atoms with Crippen molar-refractivity contribution >= 4 is 5.91 Å². The fourth-order valence-electron chi connectivity index (χ4n) is 1.74. The lowest BCUT2D eigenvalue weighted by atomic mass is 10.0. The van der Waals surface area contributed by atoms with Crippen LogP contribution in [-0.4, -0.2) is 10.9 Å². The number of pyridine rings is 1. The Labute approximate surface area is 107 Å². The number of benzene rings is 1. The number of nitrogens with one attached hydrogen (secondary N) is 1. The quantitative estimate of drug-likeness (QED) is 0.892. The van der Waals surface area contributed by atoms with Crippen LogP contribution < -0.4 is 5.32 Å². The van der Waals surface area contributed by atoms with Gasteiger partial charge in [0, 0.05) is 18.9 Å². The van der Waals surface area contributed by atoms with E-state index in [0.29, 0.717) is 6.54 Å². The zero-order valence-corrected chi connectivity index (χ0v) is 10.3. The van der Waals surface area contributed by atoms with Gasteiger partial charge in [0.05, 0.1) is 5.92 Å². The van der Waals surface area contributed by atoms with Crippen LogP contribution in [0.25, 0.3) is 0 Å². The second kappa shape index (κ2) is 5.96. The summed E-state index contributed by atoms with van der Waals surface area (Å²) >= 11 is 0. The second-order valence-electron chi connectivity index (χ2n) is 4.21. The van der Waals surface area contributed by atoms with Crippen molar-refractivity contribution in [2.45, 2.75) is 19.4 Å². The maximum absolute atomic E-state index is 12.0. The normalized spacial score (nSPS) is 11.8. The highest BCUT2D eigenvalue weighted by Gasteiger charge is 2.13. The molecule has 3 nitrogen and oxygen atoms in total. The van der Waals surface area contributed by atoms with Crippen molar-refractivity contribution in [1.29, 1.82) is 0 Å². The minimum Gasteiger partial charge on any atom is -0.351 e. The Morgan fingerprint density at radius 3 is 2.67 bits per heavy atom. The number of rotatable bonds is 4. The lowest BCUT2D eigenvalue weighted by Gasteiger charge is -2.12. The van der Waals surface area contributed by atoms with Crippen molar-refractivity contribution in [1.82, 2.24) is 10.3 Å². The molecule has 0 bridgehead atoms. The van der Waals surface area contributed by atoms with Gasteiger partial charge >= 0.3 is 0 Å².